The Morgan fingerprint density at radius 2 is 1.00 bits per heavy atom. The van der Waals surface area contributed by atoms with E-state index in [9.17, 15) is 0 Å². The molecule has 0 rings (SSSR count). The molecule has 22 valence electrons. The van der Waals surface area contributed by atoms with Crippen molar-refractivity contribution >= 4 is 52.9 Å². The van der Waals surface area contributed by atoms with Gasteiger partial charge in [0.15, 0.2) is 0 Å². The van der Waals surface area contributed by atoms with Crippen molar-refractivity contribution in [1.82, 2.24) is 0 Å². The predicted octanol–water partition coefficient (Wildman–Crippen LogP) is 0.110. The van der Waals surface area contributed by atoms with Crippen LogP contribution in [-0.2, 0) is 21.1 Å². The summed E-state index contributed by atoms with van der Waals surface area (Å²) in [6.07, 6.45) is 0. The number of hydrogen-bond acceptors (Lipinski definition) is 2. The number of rotatable bonds is 0. The zero-order valence-electron chi connectivity index (χ0n) is 1.30. The molecule has 0 heterocycles. The van der Waals surface area contributed by atoms with Crippen molar-refractivity contribution in [2.24, 2.45) is 0 Å². The van der Waals surface area contributed by atoms with E-state index in [0.717, 1.165) is 0 Å². The summed E-state index contributed by atoms with van der Waals surface area (Å²) in [6, 6.07) is 0. The minimum absolute atomic E-state index is 0. The molecule has 0 radical (unpaired) electrons. The molecule has 0 N–H and O–H groups in total. The fourth-order valence-corrected chi connectivity index (χ4v) is 0. The van der Waals surface area contributed by atoms with Crippen LogP contribution >= 0.6 is 23.3 Å². The summed E-state index contributed by atoms with van der Waals surface area (Å²) in [4.78, 5) is 0. The van der Waals surface area contributed by atoms with E-state index < -0.39 is 0 Å². The first kappa shape index (κ1) is 16.2. The van der Waals surface area contributed by atoms with Gasteiger partial charge in [-0.2, -0.15) is 0 Å². The van der Waals surface area contributed by atoms with Gasteiger partial charge >= 0.3 is 29.6 Å². The molecule has 0 amide bonds. The zero-order chi connectivity index (χ0) is 2.00. The zero-order valence-corrected chi connectivity index (χ0v) is 5.10. The molecule has 0 aliphatic heterocycles. The van der Waals surface area contributed by atoms with E-state index in [1.54, 1.807) is 0 Å². The van der Waals surface area contributed by atoms with Gasteiger partial charge in [0.1, 0.15) is 0 Å². The molecule has 0 aromatic rings. The fraction of sp³-hybridized carbons (Fsp3) is 0. The van der Waals surface area contributed by atoms with Gasteiger partial charge in [0.05, 0.1) is 0 Å². The Hall–Kier alpha value is 2.39. The second-order valence-corrected chi connectivity index (χ2v) is 0. The molecule has 0 saturated heterocycles. The maximum absolute atomic E-state index is 3.22. The summed E-state index contributed by atoms with van der Waals surface area (Å²) in [6.45, 7) is 0. The quantitative estimate of drug-likeness (QED) is 0.299. The molecule has 0 fully saturated rings. The van der Waals surface area contributed by atoms with E-state index in [2.05, 4.69) is 23.3 Å². The summed E-state index contributed by atoms with van der Waals surface area (Å²) in [5, 5.41) is 0. The molecule has 4 heteroatoms. The van der Waals surface area contributed by atoms with Crippen LogP contribution in [0.1, 0.15) is 0 Å². The molecule has 0 saturated carbocycles. The SMILES string of the molecule is SS.[Mo].[NaH]. The van der Waals surface area contributed by atoms with Gasteiger partial charge < -0.3 is 0 Å². The first-order valence-electron chi connectivity index (χ1n) is 0.200. The van der Waals surface area contributed by atoms with Crippen molar-refractivity contribution in [3.8, 4) is 0 Å². The van der Waals surface area contributed by atoms with Crippen LogP contribution in [0.25, 0.3) is 0 Å². The fourth-order valence-electron chi connectivity index (χ4n) is 0. The molecule has 0 atom stereocenters. The van der Waals surface area contributed by atoms with E-state index in [-0.39, 0.29) is 50.6 Å². The molecule has 0 bridgehead atoms. The molecule has 0 unspecified atom stereocenters. The van der Waals surface area contributed by atoms with Crippen molar-refractivity contribution in [2.45, 2.75) is 0 Å². The van der Waals surface area contributed by atoms with Gasteiger partial charge in [-0.05, 0) is 0 Å². The van der Waals surface area contributed by atoms with E-state index in [1.807, 2.05) is 0 Å². The van der Waals surface area contributed by atoms with Gasteiger partial charge in [-0.15, -0.1) is 23.3 Å². The van der Waals surface area contributed by atoms with E-state index in [1.165, 1.54) is 0 Å². The summed E-state index contributed by atoms with van der Waals surface area (Å²) in [7, 11) is 0. The van der Waals surface area contributed by atoms with Crippen LogP contribution in [0.2, 0.25) is 0 Å². The Kier molecular flexibility index (Phi) is 73.5. The van der Waals surface area contributed by atoms with Crippen LogP contribution < -0.4 is 0 Å². The standard InChI is InChI=1S/Mo.Na.H2S2.H/c;;1-2;/h;;1-2H;. The van der Waals surface area contributed by atoms with Crippen LogP contribution in [0.15, 0.2) is 0 Å². The third-order valence-electron chi connectivity index (χ3n) is 0. The van der Waals surface area contributed by atoms with Crippen molar-refractivity contribution in [3.63, 3.8) is 0 Å². The molecule has 4 heavy (non-hydrogen) atoms. The number of thiol groups is 2. The van der Waals surface area contributed by atoms with Gasteiger partial charge in [-0.25, -0.2) is 0 Å². The monoisotopic (exact) mass is 188 g/mol. The van der Waals surface area contributed by atoms with E-state index in [4.69, 9.17) is 0 Å². The van der Waals surface area contributed by atoms with Crippen molar-refractivity contribution in [1.29, 1.82) is 0 Å². The molecular weight excluding hydrogens is 183 g/mol. The summed E-state index contributed by atoms with van der Waals surface area (Å²) < 4.78 is 0. The molecule has 0 aromatic heterocycles. The molecule has 0 aliphatic carbocycles. The normalized spacial score (nSPS) is 1.50. The van der Waals surface area contributed by atoms with E-state index in [0.29, 0.717) is 0 Å². The maximum atomic E-state index is 3.22. The van der Waals surface area contributed by atoms with Gasteiger partial charge in [0, 0.05) is 21.1 Å². The Morgan fingerprint density at radius 1 is 1.00 bits per heavy atom. The third-order valence-corrected chi connectivity index (χ3v) is 0. The second-order valence-electron chi connectivity index (χ2n) is 0. The Morgan fingerprint density at radius 3 is 1.00 bits per heavy atom. The van der Waals surface area contributed by atoms with Crippen molar-refractivity contribution in [3.05, 3.63) is 0 Å². The summed E-state index contributed by atoms with van der Waals surface area (Å²) in [5.41, 5.74) is 0. The minimum atomic E-state index is 0. The molecular formula is H3MoNaS2. The second kappa shape index (κ2) is 18.2. The van der Waals surface area contributed by atoms with Crippen molar-refractivity contribution in [2.75, 3.05) is 0 Å². The molecule has 0 nitrogen and oxygen atoms in total. The van der Waals surface area contributed by atoms with Gasteiger partial charge in [-0.1, -0.05) is 0 Å². The summed E-state index contributed by atoms with van der Waals surface area (Å²) in [5.74, 6) is 0. The van der Waals surface area contributed by atoms with Crippen LogP contribution in [0, 0.1) is 0 Å². The van der Waals surface area contributed by atoms with Crippen LogP contribution in [-0.4, -0.2) is 29.6 Å². The van der Waals surface area contributed by atoms with Gasteiger partial charge in [-0.3, -0.25) is 0 Å². The van der Waals surface area contributed by atoms with Gasteiger partial charge in [0.25, 0.3) is 0 Å². The van der Waals surface area contributed by atoms with Crippen molar-refractivity contribution < 1.29 is 21.1 Å². The first-order valence-corrected chi connectivity index (χ1v) is 1.80. The molecule has 0 aliphatic rings. The topological polar surface area (TPSA) is 0 Å². The predicted molar refractivity (Wildman–Crippen MR) is 25.1 cm³/mol. The van der Waals surface area contributed by atoms with Crippen LogP contribution in [0.5, 0.6) is 0 Å². The van der Waals surface area contributed by atoms with Gasteiger partial charge in [0.2, 0.25) is 0 Å². The van der Waals surface area contributed by atoms with Crippen LogP contribution in [0.4, 0.5) is 0 Å². The number of hydrogen-bond donors (Lipinski definition) is 2. The average molecular weight is 186 g/mol. The van der Waals surface area contributed by atoms with E-state index >= 15 is 0 Å². The molecule has 0 spiro atoms. The Balaban J connectivity index is -0.00000000500. The first-order chi connectivity index (χ1) is 1.00. The summed E-state index contributed by atoms with van der Waals surface area (Å²) >= 11 is 6.44. The van der Waals surface area contributed by atoms with Crippen LogP contribution in [0.3, 0.4) is 0 Å². The average Bonchev–Trinajstić information content (AvgIpc) is 1.00. The Labute approximate surface area is 72.9 Å². The molecule has 0 aromatic carbocycles. The Bertz CT molecular complexity index is 6.00. The third kappa shape index (κ3) is 8.83.